The van der Waals surface area contributed by atoms with E-state index < -0.39 is 5.91 Å². The Hall–Kier alpha value is -4.68. The van der Waals surface area contributed by atoms with E-state index in [-0.39, 0.29) is 42.2 Å². The Morgan fingerprint density at radius 2 is 1.54 bits per heavy atom. The number of carbonyl (C=O) groups is 1. The van der Waals surface area contributed by atoms with E-state index in [1.807, 2.05) is 65.6 Å². The Balaban J connectivity index is 1.95. The second-order valence-corrected chi connectivity index (χ2v) is 7.58. The monoisotopic (exact) mass is 465 g/mol. The van der Waals surface area contributed by atoms with Gasteiger partial charge in [-0.3, -0.25) is 4.79 Å². The highest BCUT2D eigenvalue weighted by atomic mass is 16.3. The van der Waals surface area contributed by atoms with E-state index in [0.717, 1.165) is 16.8 Å². The molecule has 8 nitrogen and oxygen atoms in total. The van der Waals surface area contributed by atoms with E-state index in [2.05, 4.69) is 0 Å². The number of hydrogen-bond acceptors (Lipinski definition) is 7. The first-order valence-corrected chi connectivity index (χ1v) is 10.9. The average molecular weight is 466 g/mol. The number of aliphatic hydroxyl groups is 2. The minimum atomic E-state index is -0.465. The molecule has 0 aliphatic carbocycles. The van der Waals surface area contributed by atoms with Gasteiger partial charge in [-0.1, -0.05) is 48.5 Å². The van der Waals surface area contributed by atoms with Crippen LogP contribution in [0.25, 0.3) is 6.08 Å². The Bertz CT molecular complexity index is 1270. The van der Waals surface area contributed by atoms with Crippen LogP contribution in [0, 0.1) is 34.0 Å². The van der Waals surface area contributed by atoms with Gasteiger partial charge >= 0.3 is 0 Å². The van der Waals surface area contributed by atoms with Gasteiger partial charge in [0.15, 0.2) is 5.57 Å². The lowest BCUT2D eigenvalue weighted by atomic mass is 10.1. The van der Waals surface area contributed by atoms with Crippen LogP contribution in [0.4, 0.5) is 5.69 Å². The first-order valence-electron chi connectivity index (χ1n) is 10.9. The van der Waals surface area contributed by atoms with Crippen molar-refractivity contribution in [3.8, 4) is 18.2 Å². The Morgan fingerprint density at radius 3 is 2.09 bits per heavy atom. The van der Waals surface area contributed by atoms with E-state index in [0.29, 0.717) is 13.1 Å². The van der Waals surface area contributed by atoms with Crippen molar-refractivity contribution < 1.29 is 15.0 Å². The van der Waals surface area contributed by atoms with Gasteiger partial charge in [0.25, 0.3) is 5.91 Å². The van der Waals surface area contributed by atoms with Gasteiger partial charge in [0.05, 0.1) is 36.6 Å². The van der Waals surface area contributed by atoms with Crippen LogP contribution < -0.4 is 4.90 Å². The number of rotatable bonds is 9. The highest BCUT2D eigenvalue weighted by Gasteiger charge is 2.36. The largest absolute Gasteiger partial charge is 0.395 e. The Labute approximate surface area is 203 Å². The highest BCUT2D eigenvalue weighted by molar-refractivity contribution is 6.05. The van der Waals surface area contributed by atoms with Crippen molar-refractivity contribution in [3.63, 3.8) is 0 Å². The number of aliphatic hydroxyl groups excluding tert-OH is 2. The summed E-state index contributed by atoms with van der Waals surface area (Å²) < 4.78 is 0. The third-order valence-electron chi connectivity index (χ3n) is 5.45. The fraction of sp³-hybridized carbons (Fsp3) is 0.185. The van der Waals surface area contributed by atoms with Crippen LogP contribution in [0.1, 0.15) is 11.1 Å². The molecule has 1 amide bonds. The summed E-state index contributed by atoms with van der Waals surface area (Å²) in [6.45, 7) is 0.796. The summed E-state index contributed by atoms with van der Waals surface area (Å²) in [5, 5.41) is 47.2. The molecule has 0 bridgehead atoms. The second-order valence-electron chi connectivity index (χ2n) is 7.58. The maximum atomic E-state index is 13.3. The van der Waals surface area contributed by atoms with E-state index in [4.69, 9.17) is 0 Å². The standard InChI is InChI=1S/C27H23N5O3/c28-16-22(17-29)26-25(18-30)24(27(35)32(26)19-21-4-2-1-3-5-21)11-8-20-6-9-23(10-7-20)31(12-14-33)13-15-34/h1-11,33-34H,12-15,19H2/b11-8+. The van der Waals surface area contributed by atoms with Gasteiger partial charge in [-0.25, -0.2) is 0 Å². The number of amides is 1. The first kappa shape index (κ1) is 25.0. The summed E-state index contributed by atoms with van der Waals surface area (Å²) in [7, 11) is 0. The highest BCUT2D eigenvalue weighted by Crippen LogP contribution is 2.34. The maximum absolute atomic E-state index is 13.3. The molecule has 0 spiro atoms. The van der Waals surface area contributed by atoms with Crippen molar-refractivity contribution in [3.05, 3.63) is 94.2 Å². The third kappa shape index (κ3) is 5.63. The van der Waals surface area contributed by atoms with Crippen molar-refractivity contribution in [1.82, 2.24) is 4.90 Å². The average Bonchev–Trinajstić information content (AvgIpc) is 3.14. The molecule has 1 aliphatic rings. The van der Waals surface area contributed by atoms with E-state index >= 15 is 0 Å². The molecule has 3 rings (SSSR count). The lowest BCUT2D eigenvalue weighted by molar-refractivity contribution is -0.124. The fourth-order valence-corrected chi connectivity index (χ4v) is 3.78. The lowest BCUT2D eigenvalue weighted by Gasteiger charge is -2.22. The molecule has 0 radical (unpaired) electrons. The van der Waals surface area contributed by atoms with Crippen LogP contribution in [0.15, 0.2) is 83.1 Å². The molecule has 1 heterocycles. The summed E-state index contributed by atoms with van der Waals surface area (Å²) >= 11 is 0. The Morgan fingerprint density at radius 1 is 0.914 bits per heavy atom. The zero-order chi connectivity index (χ0) is 25.2. The maximum Gasteiger partial charge on any atom is 0.260 e. The molecule has 2 aromatic rings. The van der Waals surface area contributed by atoms with Gasteiger partial charge in [0.2, 0.25) is 0 Å². The normalized spacial score (nSPS) is 13.1. The third-order valence-corrected chi connectivity index (χ3v) is 5.45. The van der Waals surface area contributed by atoms with Crippen LogP contribution in [0.3, 0.4) is 0 Å². The van der Waals surface area contributed by atoms with Crippen molar-refractivity contribution in [1.29, 1.82) is 15.8 Å². The van der Waals surface area contributed by atoms with Gasteiger partial charge in [-0.15, -0.1) is 0 Å². The predicted octanol–water partition coefficient (Wildman–Crippen LogP) is 2.65. The molecule has 0 unspecified atom stereocenters. The molecule has 1 aliphatic heterocycles. The first-order chi connectivity index (χ1) is 17.1. The second kappa shape index (κ2) is 12.0. The van der Waals surface area contributed by atoms with Gasteiger partial charge in [-0.2, -0.15) is 15.8 Å². The summed E-state index contributed by atoms with van der Waals surface area (Å²) in [5.74, 6) is -0.465. The van der Waals surface area contributed by atoms with Gasteiger partial charge in [-0.05, 0) is 29.3 Å². The summed E-state index contributed by atoms with van der Waals surface area (Å²) in [6, 6.07) is 22.0. The SMILES string of the molecule is N#CC(C#N)=C1C(C#N)=C(/C=C/c2ccc(N(CCO)CCO)cc2)C(=O)N1Cc1ccccc1. The van der Waals surface area contributed by atoms with Crippen LogP contribution in [0.2, 0.25) is 0 Å². The predicted molar refractivity (Wildman–Crippen MR) is 130 cm³/mol. The zero-order valence-electron chi connectivity index (χ0n) is 18.9. The molecule has 174 valence electrons. The number of carbonyl (C=O) groups excluding carboxylic acids is 1. The molecule has 8 heteroatoms. The van der Waals surface area contributed by atoms with Gasteiger partial charge in [0.1, 0.15) is 18.2 Å². The molecule has 0 aromatic heterocycles. The molecular weight excluding hydrogens is 442 g/mol. The van der Waals surface area contributed by atoms with Gasteiger partial charge in [0, 0.05) is 18.8 Å². The lowest BCUT2D eigenvalue weighted by Crippen LogP contribution is -2.29. The quantitative estimate of drug-likeness (QED) is 0.544. The van der Waals surface area contributed by atoms with Gasteiger partial charge < -0.3 is 20.0 Å². The number of nitrogens with zero attached hydrogens (tertiary/aromatic N) is 5. The molecule has 0 saturated carbocycles. The number of nitriles is 3. The van der Waals surface area contributed by atoms with Crippen molar-refractivity contribution in [2.45, 2.75) is 6.54 Å². The number of benzene rings is 2. The summed E-state index contributed by atoms with van der Waals surface area (Å²) in [6.07, 6.45) is 3.20. The topological polar surface area (TPSA) is 135 Å². The van der Waals surface area contributed by atoms with E-state index in [1.165, 1.54) is 11.0 Å². The minimum absolute atomic E-state index is 0.0185. The van der Waals surface area contributed by atoms with Crippen molar-refractivity contribution in [2.75, 3.05) is 31.2 Å². The fourth-order valence-electron chi connectivity index (χ4n) is 3.78. The van der Waals surface area contributed by atoms with Crippen LogP contribution in [-0.4, -0.2) is 47.3 Å². The molecule has 35 heavy (non-hydrogen) atoms. The van der Waals surface area contributed by atoms with Crippen molar-refractivity contribution in [2.24, 2.45) is 0 Å². The molecule has 2 N–H and O–H groups in total. The van der Waals surface area contributed by atoms with Crippen LogP contribution >= 0.6 is 0 Å². The van der Waals surface area contributed by atoms with Crippen molar-refractivity contribution >= 4 is 17.7 Å². The molecule has 2 aromatic carbocycles. The molecule has 0 saturated heterocycles. The summed E-state index contributed by atoms with van der Waals surface area (Å²) in [4.78, 5) is 16.4. The van der Waals surface area contributed by atoms with Crippen LogP contribution in [-0.2, 0) is 11.3 Å². The number of hydrogen-bond donors (Lipinski definition) is 2. The Kier molecular flexibility index (Phi) is 8.53. The van der Waals surface area contributed by atoms with E-state index in [1.54, 1.807) is 18.2 Å². The van der Waals surface area contributed by atoms with E-state index in [9.17, 15) is 30.8 Å². The van der Waals surface area contributed by atoms with Crippen LogP contribution in [0.5, 0.6) is 0 Å². The minimum Gasteiger partial charge on any atom is -0.395 e. The zero-order valence-corrected chi connectivity index (χ0v) is 18.9. The summed E-state index contributed by atoms with van der Waals surface area (Å²) in [5.41, 5.74) is 2.18. The smallest absolute Gasteiger partial charge is 0.260 e. The number of anilines is 1. The number of allylic oxidation sites excluding steroid dienone is 2. The molecular formula is C27H23N5O3. The molecule has 0 fully saturated rings. The molecule has 0 atom stereocenters.